The number of hydrogen-bond acceptors (Lipinski definition) is 8. The fourth-order valence-corrected chi connectivity index (χ4v) is 14.9. The molecule has 0 aromatic carbocycles. The Morgan fingerprint density at radius 3 is 1.28 bits per heavy atom. The molecule has 0 bridgehead atoms. The van der Waals surface area contributed by atoms with Gasteiger partial charge in [0.25, 0.3) is 6.65 Å². The normalized spacial score (nSPS) is 21.8. The van der Waals surface area contributed by atoms with E-state index in [0.717, 1.165) is 34.1 Å². The third kappa shape index (κ3) is 5.92. The standard InChI is InChI=1S/C5H17N2O5P3S3/c1-11-14(9,17-4)6-13(8,16-3)7-15(10,12-2)18-5/h1-5H3,(H2,6,7,8,9,10). The molecule has 13 heteroatoms. The van der Waals surface area contributed by atoms with Crippen LogP contribution < -0.4 is 9.72 Å². The molecule has 2 unspecified atom stereocenters. The molecule has 0 aromatic rings. The number of hydrogen-bond donors (Lipinski definition) is 2. The summed E-state index contributed by atoms with van der Waals surface area (Å²) in [5.74, 6) is 0. The summed E-state index contributed by atoms with van der Waals surface area (Å²) in [4.78, 5) is 4.84. The van der Waals surface area contributed by atoms with Crippen molar-refractivity contribution in [2.24, 2.45) is 0 Å². The highest BCUT2D eigenvalue weighted by atomic mass is 32.8. The van der Waals surface area contributed by atoms with Crippen molar-refractivity contribution in [1.29, 1.82) is 0 Å². The van der Waals surface area contributed by atoms with Gasteiger partial charge in [0.05, 0.1) is 0 Å². The van der Waals surface area contributed by atoms with Crippen molar-refractivity contribution in [3.05, 3.63) is 0 Å². The first-order chi connectivity index (χ1) is 8.22. The molecule has 0 saturated heterocycles. The van der Waals surface area contributed by atoms with Crippen LogP contribution >= 0.6 is 54.2 Å². The fraction of sp³-hybridized carbons (Fsp3) is 1.00. The summed E-state index contributed by atoms with van der Waals surface area (Å²) < 4.78 is 46.2. The van der Waals surface area contributed by atoms with Gasteiger partial charge in [-0.25, -0.2) is 0 Å². The second-order valence-electron chi connectivity index (χ2n) is 2.66. The Morgan fingerprint density at radius 2 is 1.11 bits per heavy atom. The van der Waals surface area contributed by atoms with E-state index in [1.54, 1.807) is 18.8 Å². The van der Waals surface area contributed by atoms with Gasteiger partial charge in [0.1, 0.15) is 0 Å². The van der Waals surface area contributed by atoms with Gasteiger partial charge in [0, 0.05) is 14.2 Å². The predicted molar refractivity (Wildman–Crippen MR) is 83.7 cm³/mol. The van der Waals surface area contributed by atoms with Gasteiger partial charge in [-0.1, -0.05) is 34.1 Å². The molecule has 0 radical (unpaired) electrons. The summed E-state index contributed by atoms with van der Waals surface area (Å²) >= 11 is 2.72. The zero-order chi connectivity index (χ0) is 14.4. The first-order valence-electron chi connectivity index (χ1n) is 4.40. The Kier molecular flexibility index (Phi) is 8.84. The maximum atomic E-state index is 12.5. The monoisotopic (exact) mass is 374 g/mol. The SMILES string of the molecule is COP(=O)(NP(=O)(NP(=O)(OC)SC)SC)SC. The Hall–Kier alpha value is 1.58. The maximum Gasteiger partial charge on any atom is 0.333 e. The molecule has 0 aromatic heterocycles. The first-order valence-corrected chi connectivity index (χ1v) is 14.8. The summed E-state index contributed by atoms with van der Waals surface area (Å²) in [5.41, 5.74) is 0. The molecular formula is C5H17N2O5P3S3. The largest absolute Gasteiger partial charge is 0.333 e. The van der Waals surface area contributed by atoms with Gasteiger partial charge >= 0.3 is 13.4 Å². The Balaban J connectivity index is 5.10. The van der Waals surface area contributed by atoms with Crippen LogP contribution in [0.3, 0.4) is 0 Å². The van der Waals surface area contributed by atoms with Crippen LogP contribution in [0.1, 0.15) is 0 Å². The van der Waals surface area contributed by atoms with E-state index < -0.39 is 20.1 Å². The zero-order valence-electron chi connectivity index (χ0n) is 10.6. The van der Waals surface area contributed by atoms with Crippen LogP contribution in [0.25, 0.3) is 0 Å². The van der Waals surface area contributed by atoms with Gasteiger partial charge < -0.3 is 9.05 Å². The highest BCUT2D eigenvalue weighted by Crippen LogP contribution is 2.70. The maximum absolute atomic E-state index is 12.5. The average molecular weight is 374 g/mol. The first kappa shape index (κ1) is 19.6. The van der Waals surface area contributed by atoms with E-state index in [4.69, 9.17) is 9.05 Å². The van der Waals surface area contributed by atoms with Crippen LogP contribution in [-0.4, -0.2) is 33.0 Å². The molecule has 0 fully saturated rings. The van der Waals surface area contributed by atoms with Crippen molar-refractivity contribution in [2.45, 2.75) is 0 Å². The van der Waals surface area contributed by atoms with Gasteiger partial charge in [0.2, 0.25) is 0 Å². The fourth-order valence-electron chi connectivity index (χ4n) is 0.739. The van der Waals surface area contributed by atoms with Crippen molar-refractivity contribution < 1.29 is 22.7 Å². The van der Waals surface area contributed by atoms with E-state index in [1.165, 1.54) is 14.2 Å². The van der Waals surface area contributed by atoms with Crippen LogP contribution in [0.4, 0.5) is 0 Å². The lowest BCUT2D eigenvalue weighted by atomic mass is 11.8. The molecule has 0 heterocycles. The Morgan fingerprint density at radius 1 is 0.778 bits per heavy atom. The molecule has 18 heavy (non-hydrogen) atoms. The highest BCUT2D eigenvalue weighted by molar-refractivity contribution is 8.65. The number of rotatable bonds is 9. The van der Waals surface area contributed by atoms with Gasteiger partial charge in [-0.3, -0.25) is 13.7 Å². The van der Waals surface area contributed by atoms with Gasteiger partial charge in [-0.05, 0) is 18.8 Å². The zero-order valence-corrected chi connectivity index (χ0v) is 15.7. The van der Waals surface area contributed by atoms with Crippen LogP contribution in [0.5, 0.6) is 0 Å². The van der Waals surface area contributed by atoms with Crippen LogP contribution in [0.2, 0.25) is 0 Å². The van der Waals surface area contributed by atoms with E-state index in [0.29, 0.717) is 0 Å². The lowest BCUT2D eigenvalue weighted by Crippen LogP contribution is -2.15. The Bertz CT molecular complexity index is 360. The topological polar surface area (TPSA) is 93.7 Å². The second-order valence-corrected chi connectivity index (χ2v) is 16.9. The molecule has 0 aliphatic heterocycles. The van der Waals surface area contributed by atoms with Crippen LogP contribution in [-0.2, 0) is 22.7 Å². The average Bonchev–Trinajstić information content (AvgIpc) is 2.38. The Labute approximate surface area is 119 Å². The number of nitrogens with one attached hydrogen (secondary N) is 2. The summed E-state index contributed by atoms with van der Waals surface area (Å²) in [7, 11) is 2.50. The predicted octanol–water partition coefficient (Wildman–Crippen LogP) is 3.87. The van der Waals surface area contributed by atoms with Gasteiger partial charge in [-0.2, -0.15) is 9.72 Å². The van der Waals surface area contributed by atoms with E-state index >= 15 is 0 Å². The molecule has 0 rings (SSSR count). The molecular weight excluding hydrogens is 357 g/mol. The van der Waals surface area contributed by atoms with Crippen molar-refractivity contribution in [3.63, 3.8) is 0 Å². The van der Waals surface area contributed by atoms with Crippen LogP contribution in [0.15, 0.2) is 0 Å². The summed E-state index contributed by atoms with van der Waals surface area (Å²) in [6, 6.07) is 0. The minimum absolute atomic E-state index is 0.890. The molecule has 0 spiro atoms. The molecule has 110 valence electrons. The summed E-state index contributed by atoms with van der Waals surface area (Å²) in [5, 5.41) is 0. The van der Waals surface area contributed by atoms with E-state index in [1.807, 2.05) is 0 Å². The van der Waals surface area contributed by atoms with Crippen LogP contribution in [0, 0.1) is 0 Å². The second kappa shape index (κ2) is 8.13. The highest BCUT2D eigenvalue weighted by Gasteiger charge is 2.38. The van der Waals surface area contributed by atoms with Gasteiger partial charge in [-0.15, -0.1) is 0 Å². The quantitative estimate of drug-likeness (QED) is 0.579. The molecule has 2 N–H and O–H groups in total. The molecule has 2 atom stereocenters. The summed E-state index contributed by atoms with van der Waals surface area (Å²) in [6.45, 7) is -9.99. The minimum atomic E-state index is -3.41. The molecule has 0 amide bonds. The van der Waals surface area contributed by atoms with Gasteiger partial charge in [0.15, 0.2) is 0 Å². The summed E-state index contributed by atoms with van der Waals surface area (Å²) in [6.07, 6.45) is 4.67. The van der Waals surface area contributed by atoms with E-state index in [-0.39, 0.29) is 0 Å². The molecule has 0 aliphatic rings. The van der Waals surface area contributed by atoms with Crippen molar-refractivity contribution in [1.82, 2.24) is 9.72 Å². The molecule has 0 saturated carbocycles. The van der Waals surface area contributed by atoms with E-state index in [9.17, 15) is 13.7 Å². The van der Waals surface area contributed by atoms with Crippen molar-refractivity contribution in [2.75, 3.05) is 33.0 Å². The minimum Gasteiger partial charge on any atom is -0.313 e. The van der Waals surface area contributed by atoms with E-state index in [2.05, 4.69) is 9.72 Å². The van der Waals surface area contributed by atoms with Crippen molar-refractivity contribution in [3.8, 4) is 0 Å². The third-order valence-corrected chi connectivity index (χ3v) is 16.5. The molecule has 0 aliphatic carbocycles. The third-order valence-electron chi connectivity index (χ3n) is 1.73. The lowest BCUT2D eigenvalue weighted by Gasteiger charge is -2.25. The smallest absolute Gasteiger partial charge is 0.313 e. The van der Waals surface area contributed by atoms with Crippen molar-refractivity contribution >= 4 is 54.2 Å². The lowest BCUT2D eigenvalue weighted by molar-refractivity contribution is 0.403. The molecule has 7 nitrogen and oxygen atoms in total.